The van der Waals surface area contributed by atoms with Crippen LogP contribution in [0.15, 0.2) is 0 Å². The summed E-state index contributed by atoms with van der Waals surface area (Å²) in [5.41, 5.74) is 0. The van der Waals surface area contributed by atoms with Crippen molar-refractivity contribution in [2.75, 3.05) is 13.1 Å². The zero-order chi connectivity index (χ0) is 12.3. The summed E-state index contributed by atoms with van der Waals surface area (Å²) < 4.78 is 0. The van der Waals surface area contributed by atoms with Crippen LogP contribution in [0.1, 0.15) is 46.0 Å². The highest BCUT2D eigenvalue weighted by Gasteiger charge is 2.25. The molecule has 2 aliphatic rings. The van der Waals surface area contributed by atoms with Crippen LogP contribution in [0.4, 0.5) is 0 Å². The zero-order valence-electron chi connectivity index (χ0n) is 11.6. The molecular formula is C14H27ClN2O. The molecule has 2 unspecified atom stereocenters. The van der Waals surface area contributed by atoms with Crippen molar-refractivity contribution in [3.63, 3.8) is 0 Å². The lowest BCUT2D eigenvalue weighted by Crippen LogP contribution is -2.44. The van der Waals surface area contributed by atoms with Crippen molar-refractivity contribution in [3.05, 3.63) is 0 Å². The van der Waals surface area contributed by atoms with Crippen molar-refractivity contribution in [1.82, 2.24) is 10.6 Å². The maximum Gasteiger partial charge on any atom is 0.234 e. The molecule has 1 amide bonds. The molecule has 0 heterocycles. The molecule has 0 aromatic heterocycles. The van der Waals surface area contributed by atoms with Gasteiger partial charge in [-0.1, -0.05) is 13.8 Å². The molecule has 0 aromatic rings. The van der Waals surface area contributed by atoms with E-state index in [4.69, 9.17) is 0 Å². The maximum absolute atomic E-state index is 11.8. The highest BCUT2D eigenvalue weighted by molar-refractivity contribution is 5.85. The van der Waals surface area contributed by atoms with E-state index >= 15 is 0 Å². The Morgan fingerprint density at radius 1 is 1.11 bits per heavy atom. The molecule has 0 spiro atoms. The second-order valence-electron chi connectivity index (χ2n) is 6.26. The third kappa shape index (κ3) is 5.57. The lowest BCUT2D eigenvalue weighted by Gasteiger charge is -2.32. The maximum atomic E-state index is 11.8. The number of halogens is 1. The van der Waals surface area contributed by atoms with Gasteiger partial charge in [0.25, 0.3) is 0 Å². The third-order valence-corrected chi connectivity index (χ3v) is 3.96. The van der Waals surface area contributed by atoms with Crippen LogP contribution >= 0.6 is 12.4 Å². The number of rotatable bonds is 5. The second-order valence-corrected chi connectivity index (χ2v) is 6.26. The minimum absolute atomic E-state index is 0. The molecule has 3 nitrogen and oxygen atoms in total. The minimum atomic E-state index is 0. The Bertz CT molecular complexity index is 259. The Balaban J connectivity index is 0.00000162. The Labute approximate surface area is 117 Å². The molecule has 2 N–H and O–H groups in total. The van der Waals surface area contributed by atoms with Crippen LogP contribution in [0.25, 0.3) is 0 Å². The van der Waals surface area contributed by atoms with Gasteiger partial charge in [0, 0.05) is 6.04 Å². The average Bonchev–Trinajstić information content (AvgIpc) is 2.99. The van der Waals surface area contributed by atoms with Gasteiger partial charge in [-0.3, -0.25) is 4.79 Å². The summed E-state index contributed by atoms with van der Waals surface area (Å²) >= 11 is 0. The van der Waals surface area contributed by atoms with Crippen molar-refractivity contribution >= 4 is 18.3 Å². The largest absolute Gasteiger partial charge is 0.352 e. The van der Waals surface area contributed by atoms with Gasteiger partial charge in [0.15, 0.2) is 0 Å². The van der Waals surface area contributed by atoms with Gasteiger partial charge in [-0.25, -0.2) is 0 Å². The van der Waals surface area contributed by atoms with Crippen LogP contribution in [0.5, 0.6) is 0 Å². The number of carbonyl (C=O) groups excluding carboxylic acids is 1. The summed E-state index contributed by atoms with van der Waals surface area (Å²) in [5, 5.41) is 6.42. The van der Waals surface area contributed by atoms with E-state index in [2.05, 4.69) is 24.5 Å². The number of carbonyl (C=O) groups is 1. The van der Waals surface area contributed by atoms with E-state index < -0.39 is 0 Å². The lowest BCUT2D eigenvalue weighted by molar-refractivity contribution is -0.121. The van der Waals surface area contributed by atoms with Gasteiger partial charge in [-0.05, 0) is 56.4 Å². The first kappa shape index (κ1) is 15.8. The van der Waals surface area contributed by atoms with E-state index in [1.807, 2.05) is 0 Å². The molecule has 0 bridgehead atoms. The highest BCUT2D eigenvalue weighted by Crippen LogP contribution is 2.28. The molecule has 0 aliphatic heterocycles. The summed E-state index contributed by atoms with van der Waals surface area (Å²) in [5.74, 6) is 2.53. The predicted octanol–water partition coefficient (Wildman–Crippen LogP) is 2.35. The van der Waals surface area contributed by atoms with Crippen LogP contribution in [0.3, 0.4) is 0 Å². The van der Waals surface area contributed by atoms with Gasteiger partial charge in [0.05, 0.1) is 6.54 Å². The monoisotopic (exact) mass is 274 g/mol. The van der Waals surface area contributed by atoms with E-state index in [0.29, 0.717) is 12.6 Å². The summed E-state index contributed by atoms with van der Waals surface area (Å²) in [6.07, 6.45) is 6.29. The molecule has 2 rings (SSSR count). The van der Waals surface area contributed by atoms with Crippen LogP contribution in [0, 0.1) is 17.8 Å². The predicted molar refractivity (Wildman–Crippen MR) is 77.0 cm³/mol. The van der Waals surface area contributed by atoms with Gasteiger partial charge in [-0.2, -0.15) is 0 Å². The highest BCUT2D eigenvalue weighted by atomic mass is 35.5. The van der Waals surface area contributed by atoms with Gasteiger partial charge in [0.2, 0.25) is 5.91 Å². The quantitative estimate of drug-likeness (QED) is 0.808. The van der Waals surface area contributed by atoms with Crippen LogP contribution in [-0.2, 0) is 4.79 Å². The first-order valence-corrected chi connectivity index (χ1v) is 7.13. The van der Waals surface area contributed by atoms with E-state index in [0.717, 1.165) is 37.1 Å². The van der Waals surface area contributed by atoms with Gasteiger partial charge >= 0.3 is 0 Å². The van der Waals surface area contributed by atoms with Crippen molar-refractivity contribution in [1.29, 1.82) is 0 Å². The molecule has 106 valence electrons. The van der Waals surface area contributed by atoms with E-state index in [1.165, 1.54) is 19.3 Å². The summed E-state index contributed by atoms with van der Waals surface area (Å²) in [7, 11) is 0. The fraction of sp³-hybridized carbons (Fsp3) is 0.929. The van der Waals surface area contributed by atoms with Crippen LogP contribution in [-0.4, -0.2) is 25.0 Å². The van der Waals surface area contributed by atoms with Crippen molar-refractivity contribution < 1.29 is 4.79 Å². The first-order valence-electron chi connectivity index (χ1n) is 7.13. The normalized spacial score (nSPS) is 31.6. The van der Waals surface area contributed by atoms with Crippen molar-refractivity contribution in [3.8, 4) is 0 Å². The molecule has 18 heavy (non-hydrogen) atoms. The van der Waals surface area contributed by atoms with Crippen LogP contribution < -0.4 is 10.6 Å². The number of hydrogen-bond acceptors (Lipinski definition) is 2. The standard InChI is InChI=1S/C14H26N2O.ClH/c1-10-5-11(2)7-13(6-10)16-14(17)9-15-8-12-3-4-12;/h10-13,15H,3-9H2,1-2H3,(H,16,17);1H. The van der Waals surface area contributed by atoms with Gasteiger partial charge in [-0.15, -0.1) is 12.4 Å². The lowest BCUT2D eigenvalue weighted by atomic mass is 9.80. The third-order valence-electron chi connectivity index (χ3n) is 3.96. The Hall–Kier alpha value is -0.280. The molecule has 4 heteroatoms. The van der Waals surface area contributed by atoms with E-state index in [1.54, 1.807) is 0 Å². The second kappa shape index (κ2) is 7.34. The SMILES string of the molecule is CC1CC(C)CC(NC(=O)CNCC2CC2)C1.Cl. The minimum Gasteiger partial charge on any atom is -0.352 e. The molecule has 0 saturated heterocycles. The van der Waals surface area contributed by atoms with Gasteiger partial charge in [0.1, 0.15) is 0 Å². The molecular weight excluding hydrogens is 248 g/mol. The van der Waals surface area contributed by atoms with Gasteiger partial charge < -0.3 is 10.6 Å². The fourth-order valence-electron chi connectivity index (χ4n) is 3.06. The summed E-state index contributed by atoms with van der Waals surface area (Å²) in [6.45, 7) is 6.10. The number of nitrogens with one attached hydrogen (secondary N) is 2. The molecule has 2 atom stereocenters. The molecule has 2 saturated carbocycles. The zero-order valence-corrected chi connectivity index (χ0v) is 12.4. The smallest absolute Gasteiger partial charge is 0.234 e. The van der Waals surface area contributed by atoms with E-state index in [9.17, 15) is 4.79 Å². The van der Waals surface area contributed by atoms with E-state index in [-0.39, 0.29) is 18.3 Å². The fourth-order valence-corrected chi connectivity index (χ4v) is 3.06. The Kier molecular flexibility index (Phi) is 6.44. The Morgan fingerprint density at radius 2 is 1.72 bits per heavy atom. The van der Waals surface area contributed by atoms with Crippen LogP contribution in [0.2, 0.25) is 0 Å². The molecule has 0 aromatic carbocycles. The topological polar surface area (TPSA) is 41.1 Å². The first-order chi connectivity index (χ1) is 8.13. The number of amides is 1. The van der Waals surface area contributed by atoms with Crippen molar-refractivity contribution in [2.45, 2.75) is 52.0 Å². The summed E-state index contributed by atoms with van der Waals surface area (Å²) in [6, 6.07) is 0.406. The molecule has 2 fully saturated rings. The average molecular weight is 275 g/mol. The molecule has 0 radical (unpaired) electrons. The molecule has 2 aliphatic carbocycles. The Morgan fingerprint density at radius 3 is 2.28 bits per heavy atom. The number of hydrogen-bond donors (Lipinski definition) is 2. The van der Waals surface area contributed by atoms with Crippen molar-refractivity contribution in [2.24, 2.45) is 17.8 Å². The summed E-state index contributed by atoms with van der Waals surface area (Å²) in [4.78, 5) is 11.8.